The Balaban J connectivity index is 0.00000512. The van der Waals surface area contributed by atoms with Gasteiger partial charge in [0.05, 0.1) is 0 Å². The molecule has 0 saturated heterocycles. The van der Waals surface area contributed by atoms with Crippen molar-refractivity contribution in [1.29, 1.82) is 0 Å². The van der Waals surface area contributed by atoms with Crippen LogP contribution < -0.4 is 10.6 Å². The van der Waals surface area contributed by atoms with Crippen LogP contribution in [0.25, 0.3) is 0 Å². The summed E-state index contributed by atoms with van der Waals surface area (Å²) < 4.78 is 0. The average Bonchev–Trinajstić information content (AvgIpc) is 2.77. The second-order valence-electron chi connectivity index (χ2n) is 7.75. The highest BCUT2D eigenvalue weighted by Gasteiger charge is 2.18. The molecule has 0 radical (unpaired) electrons. The van der Waals surface area contributed by atoms with Crippen molar-refractivity contribution in [2.45, 2.75) is 57.0 Å². The third-order valence-electron chi connectivity index (χ3n) is 5.31. The molecule has 0 fully saturated rings. The molecule has 6 nitrogen and oxygen atoms in total. The number of carboxylic acids is 2. The fourth-order valence-corrected chi connectivity index (χ4v) is 3.61. The Morgan fingerprint density at radius 1 is 0.594 bits per heavy atom. The van der Waals surface area contributed by atoms with Gasteiger partial charge in [0.25, 0.3) is 0 Å². The Labute approximate surface area is 201 Å². The van der Waals surface area contributed by atoms with Gasteiger partial charge in [0.2, 0.25) is 0 Å². The summed E-state index contributed by atoms with van der Waals surface area (Å²) in [5, 5.41) is 25.1. The van der Waals surface area contributed by atoms with Gasteiger partial charge in [0, 0.05) is 0 Å². The zero-order valence-corrected chi connectivity index (χ0v) is 20.1. The molecular weight excluding hydrogens is 472 g/mol. The van der Waals surface area contributed by atoms with Crippen molar-refractivity contribution < 1.29 is 19.8 Å². The van der Waals surface area contributed by atoms with Gasteiger partial charge < -0.3 is 20.8 Å². The van der Waals surface area contributed by atoms with Crippen molar-refractivity contribution in [2.75, 3.05) is 13.1 Å². The fraction of sp³-hybridized carbons (Fsp3) is 0.440. The van der Waals surface area contributed by atoms with E-state index in [1.807, 2.05) is 60.7 Å². The first-order chi connectivity index (χ1) is 15.1. The third-order valence-corrected chi connectivity index (χ3v) is 5.31. The van der Waals surface area contributed by atoms with Gasteiger partial charge >= 0.3 is 11.9 Å². The number of benzene rings is 2. The molecule has 0 bridgehead atoms. The number of carbonyl (C=O) groups is 2. The maximum Gasteiger partial charge on any atom is 0.325 e. The topological polar surface area (TPSA) is 98.7 Å². The molecule has 0 aliphatic heterocycles. The molecule has 4 N–H and O–H groups in total. The van der Waals surface area contributed by atoms with Crippen molar-refractivity contribution in [3.8, 4) is 0 Å². The maximum atomic E-state index is 11.5. The van der Waals surface area contributed by atoms with Crippen molar-refractivity contribution in [3.63, 3.8) is 0 Å². The molecular formula is C25H35BrN2O4. The number of carboxylic acid groups (broad SMARTS) is 2. The summed E-state index contributed by atoms with van der Waals surface area (Å²) in [6.07, 6.45) is 7.44. The highest BCUT2D eigenvalue weighted by Crippen LogP contribution is 2.14. The number of halogens is 1. The van der Waals surface area contributed by atoms with E-state index in [9.17, 15) is 19.8 Å². The number of unbranched alkanes of at least 4 members (excludes halogenated alkanes) is 6. The standard InChI is InChI=1S/C25H34N2O4.BrH/c28-24(29)22(20-14-8-6-9-15-20)26-18-12-4-2-1-3-5-13-19-27-23(25(30)31)21-16-10-7-11-17-21;/h6-11,14-17,22-23,26-27H,1-5,12-13,18-19H2,(H,28,29)(H,30,31);1H. The number of hydrogen-bond donors (Lipinski definition) is 4. The molecule has 0 spiro atoms. The summed E-state index contributed by atoms with van der Waals surface area (Å²) in [7, 11) is 0. The van der Waals surface area contributed by atoms with Gasteiger partial charge in [-0.05, 0) is 37.1 Å². The maximum absolute atomic E-state index is 11.5. The van der Waals surface area contributed by atoms with Crippen LogP contribution in [0, 0.1) is 0 Å². The van der Waals surface area contributed by atoms with E-state index >= 15 is 0 Å². The molecule has 2 aromatic rings. The van der Waals surface area contributed by atoms with Crippen LogP contribution in [0.1, 0.15) is 68.2 Å². The summed E-state index contributed by atoms with van der Waals surface area (Å²) in [5.74, 6) is -1.70. The highest BCUT2D eigenvalue weighted by atomic mass is 79.9. The largest absolute Gasteiger partial charge is 0.480 e. The fourth-order valence-electron chi connectivity index (χ4n) is 3.61. The molecule has 32 heavy (non-hydrogen) atoms. The van der Waals surface area contributed by atoms with E-state index in [1.165, 1.54) is 0 Å². The SMILES string of the molecule is Br.O=C(O)C(NCCCCCCCCCNC(C(=O)O)c1ccccc1)c1ccccc1. The van der Waals surface area contributed by atoms with Gasteiger partial charge in [-0.25, -0.2) is 0 Å². The highest BCUT2D eigenvalue weighted by molar-refractivity contribution is 8.93. The minimum absolute atomic E-state index is 0. The van der Waals surface area contributed by atoms with Crippen molar-refractivity contribution in [3.05, 3.63) is 71.8 Å². The summed E-state index contributed by atoms with van der Waals surface area (Å²) >= 11 is 0. The first kappa shape index (κ1) is 27.8. The van der Waals surface area contributed by atoms with E-state index in [2.05, 4.69) is 10.6 Å². The second kappa shape index (κ2) is 16.4. The molecule has 2 unspecified atom stereocenters. The average molecular weight is 507 g/mol. The Morgan fingerprint density at radius 2 is 0.906 bits per heavy atom. The Morgan fingerprint density at radius 3 is 1.22 bits per heavy atom. The van der Waals surface area contributed by atoms with Crippen molar-refractivity contribution in [1.82, 2.24) is 10.6 Å². The van der Waals surface area contributed by atoms with E-state index in [0.717, 1.165) is 56.1 Å². The van der Waals surface area contributed by atoms with E-state index < -0.39 is 24.0 Å². The quantitative estimate of drug-likeness (QED) is 0.235. The Bertz CT molecular complexity index is 709. The predicted octanol–water partition coefficient (Wildman–Crippen LogP) is 5.13. The lowest BCUT2D eigenvalue weighted by Crippen LogP contribution is -2.29. The summed E-state index contributed by atoms with van der Waals surface area (Å²) in [6, 6.07) is 17.2. The molecule has 0 amide bonds. The number of hydrogen-bond acceptors (Lipinski definition) is 4. The minimum Gasteiger partial charge on any atom is -0.480 e. The molecule has 7 heteroatoms. The van der Waals surface area contributed by atoms with Crippen molar-refractivity contribution >= 4 is 28.9 Å². The molecule has 0 heterocycles. The van der Waals surface area contributed by atoms with E-state index in [-0.39, 0.29) is 17.0 Å². The molecule has 0 aromatic heterocycles. The molecule has 176 valence electrons. The van der Waals surface area contributed by atoms with Gasteiger partial charge in [0.15, 0.2) is 0 Å². The van der Waals surface area contributed by atoms with E-state index in [1.54, 1.807) is 0 Å². The second-order valence-corrected chi connectivity index (χ2v) is 7.75. The molecule has 2 atom stereocenters. The third kappa shape index (κ3) is 10.4. The monoisotopic (exact) mass is 506 g/mol. The Kier molecular flexibility index (Phi) is 14.3. The number of nitrogens with one attached hydrogen (secondary N) is 2. The van der Waals surface area contributed by atoms with Crippen LogP contribution in [0.4, 0.5) is 0 Å². The summed E-state index contributed by atoms with van der Waals surface area (Å²) in [4.78, 5) is 22.9. The molecule has 0 aliphatic rings. The smallest absolute Gasteiger partial charge is 0.325 e. The molecule has 0 saturated carbocycles. The van der Waals surface area contributed by atoms with Crippen LogP contribution in [0.5, 0.6) is 0 Å². The Hall–Kier alpha value is -2.22. The molecule has 0 aliphatic carbocycles. The van der Waals surface area contributed by atoms with Gasteiger partial charge in [-0.15, -0.1) is 17.0 Å². The number of rotatable bonds is 16. The summed E-state index contributed by atoms with van der Waals surface area (Å²) in [5.41, 5.74) is 1.56. The first-order valence-corrected chi connectivity index (χ1v) is 11.1. The van der Waals surface area contributed by atoms with Crippen LogP contribution >= 0.6 is 17.0 Å². The lowest BCUT2D eigenvalue weighted by Gasteiger charge is -2.15. The molecule has 2 rings (SSSR count). The van der Waals surface area contributed by atoms with Gasteiger partial charge in [-0.2, -0.15) is 0 Å². The van der Waals surface area contributed by atoms with Crippen LogP contribution in [0.15, 0.2) is 60.7 Å². The predicted molar refractivity (Wildman–Crippen MR) is 132 cm³/mol. The van der Waals surface area contributed by atoms with Gasteiger partial charge in [-0.3, -0.25) is 9.59 Å². The van der Waals surface area contributed by atoms with Crippen LogP contribution in [-0.2, 0) is 9.59 Å². The lowest BCUT2D eigenvalue weighted by atomic mass is 10.1. The number of aliphatic carboxylic acids is 2. The van der Waals surface area contributed by atoms with Crippen molar-refractivity contribution in [2.24, 2.45) is 0 Å². The van der Waals surface area contributed by atoms with Crippen LogP contribution in [0.3, 0.4) is 0 Å². The van der Waals surface area contributed by atoms with E-state index in [4.69, 9.17) is 0 Å². The summed E-state index contributed by atoms with van der Waals surface area (Å²) in [6.45, 7) is 1.37. The van der Waals surface area contributed by atoms with Gasteiger partial charge in [0.1, 0.15) is 12.1 Å². The van der Waals surface area contributed by atoms with Crippen LogP contribution in [0.2, 0.25) is 0 Å². The molecule has 2 aromatic carbocycles. The van der Waals surface area contributed by atoms with E-state index in [0.29, 0.717) is 13.1 Å². The lowest BCUT2D eigenvalue weighted by molar-refractivity contribution is -0.140. The van der Waals surface area contributed by atoms with Gasteiger partial charge in [-0.1, -0.05) is 92.8 Å². The zero-order chi connectivity index (χ0) is 22.3. The first-order valence-electron chi connectivity index (χ1n) is 11.1. The zero-order valence-electron chi connectivity index (χ0n) is 18.4. The minimum atomic E-state index is -0.850. The van der Waals surface area contributed by atoms with Crippen LogP contribution in [-0.4, -0.2) is 35.2 Å². The normalized spacial score (nSPS) is 12.5.